The normalized spacial score (nSPS) is 13.2. The minimum atomic E-state index is -1.69. The third-order valence-electron chi connectivity index (χ3n) is 6.04. The highest BCUT2D eigenvalue weighted by Gasteiger charge is 2.28. The van der Waals surface area contributed by atoms with Crippen molar-refractivity contribution < 1.29 is 48.0 Å². The molecule has 4 atom stereocenters. The van der Waals surface area contributed by atoms with Crippen molar-refractivity contribution in [1.82, 2.24) is 16.0 Å². The number of carbonyl (C=O) groups excluding carboxylic acids is 4. The Balaban J connectivity index is 1.58. The first-order valence-corrected chi connectivity index (χ1v) is 14.4. The van der Waals surface area contributed by atoms with E-state index in [0.717, 1.165) is 0 Å². The maximum atomic E-state index is 12.7. The Morgan fingerprint density at radius 2 is 1.02 bits per heavy atom. The zero-order valence-electron chi connectivity index (χ0n) is 24.9. The summed E-state index contributed by atoms with van der Waals surface area (Å²) in [6, 6.07) is 23.8. The van der Waals surface area contributed by atoms with Gasteiger partial charge < -0.3 is 34.1 Å². The van der Waals surface area contributed by atoms with Gasteiger partial charge in [0.05, 0.1) is 6.04 Å². The van der Waals surface area contributed by atoms with Crippen LogP contribution in [0.3, 0.4) is 0 Å². The van der Waals surface area contributed by atoms with E-state index in [1.54, 1.807) is 105 Å². The number of para-hydroxylation sites is 3. The molecule has 0 heterocycles. The number of benzene rings is 3. The molecule has 3 rings (SSSR count). The third kappa shape index (κ3) is 12.9. The molecule has 0 saturated carbocycles. The van der Waals surface area contributed by atoms with Crippen molar-refractivity contribution in [2.75, 3.05) is 0 Å². The molecule has 0 aliphatic rings. The standard InChI is InChI=1S/C32H37N3O10/c1-3-26(34-31(39)42-23-16-10-6-11-17-23)44-28(36)21-20-25(33-30(38)41-22-14-8-5-9-15-22)29(37)45-27(4-2)35-32(40)43-24-18-12-7-13-19-24/h5-19,25-27,29,37H,3-4,20-21H2,1-2H3,(H,33,38)(H,34,39)(H,35,40). The maximum Gasteiger partial charge on any atom is 0.415 e. The molecule has 4 unspecified atom stereocenters. The minimum absolute atomic E-state index is 0.153. The number of rotatable bonds is 15. The van der Waals surface area contributed by atoms with Gasteiger partial charge in [-0.1, -0.05) is 68.4 Å². The quantitative estimate of drug-likeness (QED) is 0.136. The van der Waals surface area contributed by atoms with Gasteiger partial charge in [-0.05, 0) is 49.2 Å². The summed E-state index contributed by atoms with van der Waals surface area (Å²) < 4.78 is 26.6. The Morgan fingerprint density at radius 3 is 1.44 bits per heavy atom. The number of hydrogen-bond donors (Lipinski definition) is 4. The minimum Gasteiger partial charge on any atom is -0.442 e. The Bertz CT molecular complexity index is 1350. The van der Waals surface area contributed by atoms with E-state index in [9.17, 15) is 24.3 Å². The number of nitrogens with one attached hydrogen (secondary N) is 3. The molecular weight excluding hydrogens is 586 g/mol. The molecular formula is C32H37N3O10. The lowest BCUT2D eigenvalue weighted by Gasteiger charge is -2.27. The van der Waals surface area contributed by atoms with Crippen molar-refractivity contribution in [1.29, 1.82) is 0 Å². The van der Waals surface area contributed by atoms with Crippen LogP contribution in [0.15, 0.2) is 91.0 Å². The van der Waals surface area contributed by atoms with Crippen LogP contribution in [0, 0.1) is 0 Å². The fraction of sp³-hybridized carbons (Fsp3) is 0.312. The summed E-state index contributed by atoms with van der Waals surface area (Å²) in [6.45, 7) is 3.40. The average Bonchev–Trinajstić information content (AvgIpc) is 3.03. The smallest absolute Gasteiger partial charge is 0.415 e. The third-order valence-corrected chi connectivity index (χ3v) is 6.04. The topological polar surface area (TPSA) is 171 Å². The second-order valence-electron chi connectivity index (χ2n) is 9.50. The summed E-state index contributed by atoms with van der Waals surface area (Å²) in [5, 5.41) is 18.4. The number of amides is 3. The number of carbonyl (C=O) groups is 4. The van der Waals surface area contributed by atoms with E-state index >= 15 is 0 Å². The molecule has 0 fully saturated rings. The summed E-state index contributed by atoms with van der Waals surface area (Å²) in [5.74, 6) is 0.142. The summed E-state index contributed by atoms with van der Waals surface area (Å²) >= 11 is 0. The first-order valence-electron chi connectivity index (χ1n) is 14.4. The van der Waals surface area contributed by atoms with Crippen LogP contribution in [0.5, 0.6) is 17.2 Å². The van der Waals surface area contributed by atoms with E-state index in [4.69, 9.17) is 23.7 Å². The molecule has 0 saturated heterocycles. The molecule has 3 aromatic rings. The van der Waals surface area contributed by atoms with Crippen LogP contribution in [-0.2, 0) is 14.3 Å². The molecule has 3 amide bonds. The van der Waals surface area contributed by atoms with Gasteiger partial charge in [0.15, 0.2) is 12.5 Å². The highest BCUT2D eigenvalue weighted by Crippen LogP contribution is 2.14. The largest absolute Gasteiger partial charge is 0.442 e. The fourth-order valence-electron chi connectivity index (χ4n) is 3.78. The Morgan fingerprint density at radius 1 is 0.622 bits per heavy atom. The zero-order valence-corrected chi connectivity index (χ0v) is 24.9. The van der Waals surface area contributed by atoms with Gasteiger partial charge in [-0.15, -0.1) is 0 Å². The lowest BCUT2D eigenvalue weighted by molar-refractivity contribution is -0.162. The summed E-state index contributed by atoms with van der Waals surface area (Å²) in [6.07, 6.45) is -6.20. The van der Waals surface area contributed by atoms with E-state index in [1.807, 2.05) is 0 Å². The maximum absolute atomic E-state index is 12.7. The summed E-state index contributed by atoms with van der Waals surface area (Å²) in [7, 11) is 0. The van der Waals surface area contributed by atoms with Gasteiger partial charge in [-0.3, -0.25) is 15.4 Å². The Labute approximate surface area is 260 Å². The first kappa shape index (κ1) is 34.4. The second-order valence-corrected chi connectivity index (χ2v) is 9.50. The predicted molar refractivity (Wildman–Crippen MR) is 161 cm³/mol. The Kier molecular flexibility index (Phi) is 14.1. The monoisotopic (exact) mass is 623 g/mol. The van der Waals surface area contributed by atoms with Crippen LogP contribution in [0.1, 0.15) is 39.5 Å². The number of ether oxygens (including phenoxy) is 5. The van der Waals surface area contributed by atoms with Crippen LogP contribution in [0.25, 0.3) is 0 Å². The van der Waals surface area contributed by atoms with Crippen LogP contribution in [0.2, 0.25) is 0 Å². The van der Waals surface area contributed by atoms with Gasteiger partial charge in [-0.25, -0.2) is 14.4 Å². The second kappa shape index (κ2) is 18.5. The molecule has 0 spiro atoms. The fourth-order valence-corrected chi connectivity index (χ4v) is 3.78. The average molecular weight is 624 g/mol. The number of hydrogen-bond acceptors (Lipinski definition) is 10. The lowest BCUT2D eigenvalue weighted by Crippen LogP contribution is -2.50. The molecule has 45 heavy (non-hydrogen) atoms. The molecule has 0 aromatic heterocycles. The van der Waals surface area contributed by atoms with Gasteiger partial charge >= 0.3 is 24.2 Å². The van der Waals surface area contributed by atoms with Gasteiger partial charge in [0, 0.05) is 12.8 Å². The molecule has 13 nitrogen and oxygen atoms in total. The number of aliphatic hydroxyl groups is 1. The molecule has 13 heteroatoms. The summed E-state index contributed by atoms with van der Waals surface area (Å²) in [4.78, 5) is 49.9. The molecule has 0 bridgehead atoms. The van der Waals surface area contributed by atoms with E-state index in [1.165, 1.54) is 0 Å². The van der Waals surface area contributed by atoms with Gasteiger partial charge in [-0.2, -0.15) is 0 Å². The molecule has 0 radical (unpaired) electrons. The van der Waals surface area contributed by atoms with Gasteiger partial charge in [0.2, 0.25) is 0 Å². The van der Waals surface area contributed by atoms with Crippen molar-refractivity contribution in [2.45, 2.75) is 64.3 Å². The predicted octanol–water partition coefficient (Wildman–Crippen LogP) is 4.85. The van der Waals surface area contributed by atoms with E-state index in [-0.39, 0.29) is 31.4 Å². The Hall–Kier alpha value is -5.14. The molecule has 4 N–H and O–H groups in total. The SMILES string of the molecule is CCC(NC(=O)Oc1ccccc1)OC(=O)CCC(NC(=O)Oc1ccccc1)C(O)OC(CC)NC(=O)Oc1ccccc1. The van der Waals surface area contributed by atoms with E-state index < -0.39 is 49.0 Å². The lowest BCUT2D eigenvalue weighted by atomic mass is 10.1. The van der Waals surface area contributed by atoms with Crippen molar-refractivity contribution in [2.24, 2.45) is 0 Å². The van der Waals surface area contributed by atoms with Crippen LogP contribution < -0.4 is 30.2 Å². The molecule has 240 valence electrons. The number of aliphatic hydroxyl groups excluding tert-OH is 1. The van der Waals surface area contributed by atoms with Crippen LogP contribution in [-0.4, -0.2) is 54.1 Å². The molecule has 3 aromatic carbocycles. The first-order chi connectivity index (χ1) is 21.7. The summed E-state index contributed by atoms with van der Waals surface area (Å²) in [5.41, 5.74) is 0. The van der Waals surface area contributed by atoms with Crippen molar-refractivity contribution in [3.8, 4) is 17.2 Å². The van der Waals surface area contributed by atoms with Gasteiger partial charge in [0.1, 0.15) is 23.5 Å². The molecule has 0 aliphatic heterocycles. The van der Waals surface area contributed by atoms with Gasteiger partial charge in [0.25, 0.3) is 0 Å². The zero-order chi connectivity index (χ0) is 32.4. The highest BCUT2D eigenvalue weighted by molar-refractivity contribution is 5.73. The molecule has 0 aliphatic carbocycles. The van der Waals surface area contributed by atoms with Crippen molar-refractivity contribution in [3.05, 3.63) is 91.0 Å². The van der Waals surface area contributed by atoms with Crippen LogP contribution >= 0.6 is 0 Å². The van der Waals surface area contributed by atoms with E-state index in [0.29, 0.717) is 11.5 Å². The highest BCUT2D eigenvalue weighted by atomic mass is 16.6. The van der Waals surface area contributed by atoms with E-state index in [2.05, 4.69) is 16.0 Å². The number of esters is 1. The van der Waals surface area contributed by atoms with Crippen molar-refractivity contribution in [3.63, 3.8) is 0 Å². The van der Waals surface area contributed by atoms with Crippen molar-refractivity contribution >= 4 is 24.2 Å². The van der Waals surface area contributed by atoms with Crippen LogP contribution in [0.4, 0.5) is 14.4 Å².